The summed E-state index contributed by atoms with van der Waals surface area (Å²) in [4.78, 5) is 0.0604. The van der Waals surface area contributed by atoms with Gasteiger partial charge in [-0.25, -0.2) is 8.42 Å². The Kier molecular flexibility index (Phi) is 4.14. The number of nitrogens with one attached hydrogen (secondary N) is 1. The highest BCUT2D eigenvalue weighted by atomic mass is 32.2. The number of methoxy groups -OCH3 is 2. The quantitative estimate of drug-likeness (QED) is 0.906. The van der Waals surface area contributed by atoms with Crippen molar-refractivity contribution >= 4 is 10.0 Å². The van der Waals surface area contributed by atoms with Crippen LogP contribution in [-0.4, -0.2) is 29.2 Å². The molecule has 1 N–H and O–H groups in total. The van der Waals surface area contributed by atoms with Crippen LogP contribution in [0, 0.1) is 0 Å². The lowest BCUT2D eigenvalue weighted by Crippen LogP contribution is -2.29. The van der Waals surface area contributed by atoms with Crippen LogP contribution in [0.5, 0.6) is 17.2 Å². The van der Waals surface area contributed by atoms with E-state index in [0.717, 1.165) is 5.56 Å². The zero-order valence-electron chi connectivity index (χ0n) is 12.8. The fourth-order valence-corrected chi connectivity index (χ4v) is 3.86. The number of ether oxygens (including phenoxy) is 3. The van der Waals surface area contributed by atoms with Crippen molar-refractivity contribution in [1.29, 1.82) is 0 Å². The molecule has 0 fully saturated rings. The Bertz CT molecular complexity index is 819. The van der Waals surface area contributed by atoms with E-state index in [9.17, 15) is 8.42 Å². The standard InChI is InChI=1S/C16H17NO5S/c1-20-11-7-8-16(15(9-11)21-2)23(18,19)17-13-10-22-14-6-4-3-5-12(13)14/h3-9,13,17H,10H2,1-2H3. The number of fused-ring (bicyclic) bond motifs is 1. The van der Waals surface area contributed by atoms with Crippen LogP contribution in [-0.2, 0) is 10.0 Å². The molecule has 2 aromatic carbocycles. The minimum atomic E-state index is -3.76. The number of benzene rings is 2. The zero-order valence-corrected chi connectivity index (χ0v) is 13.6. The maximum Gasteiger partial charge on any atom is 0.244 e. The summed E-state index contributed by atoms with van der Waals surface area (Å²) < 4.78 is 43.8. The summed E-state index contributed by atoms with van der Waals surface area (Å²) in [7, 11) is -0.838. The Balaban J connectivity index is 1.91. The van der Waals surface area contributed by atoms with Crippen molar-refractivity contribution < 1.29 is 22.6 Å². The van der Waals surface area contributed by atoms with Crippen molar-refractivity contribution in [3.8, 4) is 17.2 Å². The largest absolute Gasteiger partial charge is 0.497 e. The Morgan fingerprint density at radius 3 is 2.65 bits per heavy atom. The molecule has 6 nitrogen and oxygen atoms in total. The highest BCUT2D eigenvalue weighted by Gasteiger charge is 2.30. The van der Waals surface area contributed by atoms with Gasteiger partial charge in [0.15, 0.2) is 0 Å². The molecule has 1 aliphatic heterocycles. The SMILES string of the molecule is COc1ccc(S(=O)(=O)NC2COc3ccccc32)c(OC)c1. The lowest BCUT2D eigenvalue weighted by molar-refractivity contribution is 0.324. The minimum Gasteiger partial charge on any atom is -0.497 e. The Labute approximate surface area is 135 Å². The molecule has 7 heteroatoms. The van der Waals surface area contributed by atoms with Crippen LogP contribution < -0.4 is 18.9 Å². The van der Waals surface area contributed by atoms with Gasteiger partial charge in [-0.05, 0) is 18.2 Å². The maximum atomic E-state index is 12.7. The first-order valence-electron chi connectivity index (χ1n) is 7.01. The third kappa shape index (κ3) is 2.97. The number of para-hydroxylation sites is 1. The first-order chi connectivity index (χ1) is 11.0. The summed E-state index contributed by atoms with van der Waals surface area (Å²) >= 11 is 0. The maximum absolute atomic E-state index is 12.7. The van der Waals surface area contributed by atoms with Gasteiger partial charge < -0.3 is 14.2 Å². The third-order valence-corrected chi connectivity index (χ3v) is 5.17. The summed E-state index contributed by atoms with van der Waals surface area (Å²) in [5.74, 6) is 1.45. The van der Waals surface area contributed by atoms with Crippen molar-refractivity contribution in [2.75, 3.05) is 20.8 Å². The van der Waals surface area contributed by atoms with Crippen molar-refractivity contribution in [3.63, 3.8) is 0 Å². The topological polar surface area (TPSA) is 73.9 Å². The molecule has 0 saturated heterocycles. The molecule has 2 aromatic rings. The van der Waals surface area contributed by atoms with Crippen LogP contribution in [0.4, 0.5) is 0 Å². The molecule has 1 atom stereocenters. The third-order valence-electron chi connectivity index (χ3n) is 3.66. The van der Waals surface area contributed by atoms with Gasteiger partial charge in [-0.3, -0.25) is 0 Å². The predicted molar refractivity (Wildman–Crippen MR) is 84.5 cm³/mol. The van der Waals surface area contributed by atoms with Crippen LogP contribution in [0.25, 0.3) is 0 Å². The monoisotopic (exact) mass is 335 g/mol. The number of sulfonamides is 1. The molecular weight excluding hydrogens is 318 g/mol. The van der Waals surface area contributed by atoms with Gasteiger partial charge in [-0.2, -0.15) is 4.72 Å². The normalized spacial score (nSPS) is 16.5. The molecule has 3 rings (SSSR count). The Morgan fingerprint density at radius 1 is 1.13 bits per heavy atom. The van der Waals surface area contributed by atoms with Crippen LogP contribution in [0.1, 0.15) is 11.6 Å². The van der Waals surface area contributed by atoms with E-state index < -0.39 is 16.1 Å². The van der Waals surface area contributed by atoms with Crippen LogP contribution in [0.3, 0.4) is 0 Å². The summed E-state index contributed by atoms with van der Waals surface area (Å²) in [6, 6.07) is 11.5. The average Bonchev–Trinajstić information content (AvgIpc) is 2.96. The fraction of sp³-hybridized carbons (Fsp3) is 0.250. The van der Waals surface area contributed by atoms with E-state index in [2.05, 4.69) is 4.72 Å². The highest BCUT2D eigenvalue weighted by Crippen LogP contribution is 2.34. The molecule has 0 aliphatic carbocycles. The van der Waals surface area contributed by atoms with Crippen molar-refractivity contribution in [2.24, 2.45) is 0 Å². The molecule has 0 amide bonds. The first kappa shape index (κ1) is 15.6. The molecule has 0 aromatic heterocycles. The first-order valence-corrected chi connectivity index (χ1v) is 8.49. The van der Waals surface area contributed by atoms with Gasteiger partial charge in [0.1, 0.15) is 28.8 Å². The second kappa shape index (κ2) is 6.10. The molecule has 122 valence electrons. The molecule has 1 unspecified atom stereocenters. The highest BCUT2D eigenvalue weighted by molar-refractivity contribution is 7.89. The van der Waals surface area contributed by atoms with E-state index in [1.165, 1.54) is 26.4 Å². The molecule has 1 heterocycles. The molecule has 0 radical (unpaired) electrons. The number of hydrogen-bond acceptors (Lipinski definition) is 5. The van der Waals surface area contributed by atoms with Crippen molar-refractivity contribution in [1.82, 2.24) is 4.72 Å². The zero-order chi connectivity index (χ0) is 16.4. The fourth-order valence-electron chi connectivity index (χ4n) is 2.51. The molecule has 23 heavy (non-hydrogen) atoms. The van der Waals surface area contributed by atoms with E-state index in [1.807, 2.05) is 24.3 Å². The van der Waals surface area contributed by atoms with Gasteiger partial charge in [0.05, 0.1) is 20.3 Å². The second-order valence-electron chi connectivity index (χ2n) is 5.04. The lowest BCUT2D eigenvalue weighted by atomic mass is 10.1. The van der Waals surface area contributed by atoms with E-state index >= 15 is 0 Å². The molecule has 0 saturated carbocycles. The Morgan fingerprint density at radius 2 is 1.91 bits per heavy atom. The molecule has 0 spiro atoms. The van der Waals surface area contributed by atoms with Gasteiger partial charge in [-0.15, -0.1) is 0 Å². The molecular formula is C16H17NO5S. The summed E-state index contributed by atoms with van der Waals surface area (Å²) in [5, 5.41) is 0. The second-order valence-corrected chi connectivity index (χ2v) is 6.72. The summed E-state index contributed by atoms with van der Waals surface area (Å²) in [5.41, 5.74) is 0.823. The van der Waals surface area contributed by atoms with E-state index in [4.69, 9.17) is 14.2 Å². The minimum absolute atomic E-state index is 0.0604. The Hall–Kier alpha value is -2.25. The van der Waals surface area contributed by atoms with Gasteiger partial charge in [-0.1, -0.05) is 18.2 Å². The van der Waals surface area contributed by atoms with Crippen LogP contribution >= 0.6 is 0 Å². The number of rotatable bonds is 5. The number of hydrogen-bond donors (Lipinski definition) is 1. The van der Waals surface area contributed by atoms with Crippen LogP contribution in [0.15, 0.2) is 47.4 Å². The van der Waals surface area contributed by atoms with E-state index in [0.29, 0.717) is 11.5 Å². The van der Waals surface area contributed by atoms with E-state index in [1.54, 1.807) is 6.07 Å². The lowest BCUT2D eigenvalue weighted by Gasteiger charge is -2.15. The van der Waals surface area contributed by atoms with Gasteiger partial charge in [0, 0.05) is 11.6 Å². The summed E-state index contributed by atoms with van der Waals surface area (Å²) in [6.45, 7) is 0.261. The summed E-state index contributed by atoms with van der Waals surface area (Å²) in [6.07, 6.45) is 0. The van der Waals surface area contributed by atoms with Gasteiger partial charge in [0.2, 0.25) is 10.0 Å². The predicted octanol–water partition coefficient (Wildman–Crippen LogP) is 2.12. The molecule has 1 aliphatic rings. The van der Waals surface area contributed by atoms with Gasteiger partial charge in [0.25, 0.3) is 0 Å². The van der Waals surface area contributed by atoms with Crippen molar-refractivity contribution in [3.05, 3.63) is 48.0 Å². The van der Waals surface area contributed by atoms with E-state index in [-0.39, 0.29) is 17.3 Å². The molecule has 0 bridgehead atoms. The van der Waals surface area contributed by atoms with Crippen LogP contribution in [0.2, 0.25) is 0 Å². The van der Waals surface area contributed by atoms with Gasteiger partial charge >= 0.3 is 0 Å². The van der Waals surface area contributed by atoms with Crippen molar-refractivity contribution in [2.45, 2.75) is 10.9 Å². The smallest absolute Gasteiger partial charge is 0.244 e. The average molecular weight is 335 g/mol.